The number of hydrogen-bond acceptors (Lipinski definition) is 4. The van der Waals surface area contributed by atoms with Crippen LogP contribution in [0.5, 0.6) is 0 Å². The molecule has 22 heavy (non-hydrogen) atoms. The van der Waals surface area contributed by atoms with Crippen molar-refractivity contribution in [2.75, 3.05) is 26.2 Å². The van der Waals surface area contributed by atoms with E-state index in [1.54, 1.807) is 15.9 Å². The molecule has 0 aromatic carbocycles. The van der Waals surface area contributed by atoms with Crippen molar-refractivity contribution in [1.29, 1.82) is 0 Å². The molecule has 1 aliphatic carbocycles. The normalized spacial score (nSPS) is 18.4. The smallest absolute Gasteiger partial charge is 0.267 e. The van der Waals surface area contributed by atoms with Gasteiger partial charge in [0, 0.05) is 45.1 Å². The third kappa shape index (κ3) is 3.18. The first-order valence-corrected chi connectivity index (χ1v) is 7.66. The van der Waals surface area contributed by atoms with Crippen LogP contribution in [-0.4, -0.2) is 57.6 Å². The summed E-state index contributed by atoms with van der Waals surface area (Å²) in [7, 11) is 0. The topological polar surface area (TPSA) is 75.5 Å². The Hall–Kier alpha value is -2.18. The van der Waals surface area contributed by atoms with Gasteiger partial charge in [-0.2, -0.15) is 5.10 Å². The van der Waals surface area contributed by atoms with E-state index in [2.05, 4.69) is 5.10 Å². The van der Waals surface area contributed by atoms with Gasteiger partial charge in [-0.3, -0.25) is 14.4 Å². The highest BCUT2D eigenvalue weighted by atomic mass is 16.2. The Balaban J connectivity index is 1.63. The van der Waals surface area contributed by atoms with Gasteiger partial charge < -0.3 is 9.80 Å². The van der Waals surface area contributed by atoms with E-state index in [9.17, 15) is 14.4 Å². The van der Waals surface area contributed by atoms with E-state index in [0.29, 0.717) is 32.1 Å². The molecule has 2 amide bonds. The predicted molar refractivity (Wildman–Crippen MR) is 79.3 cm³/mol. The van der Waals surface area contributed by atoms with Gasteiger partial charge in [-0.25, -0.2) is 4.68 Å². The van der Waals surface area contributed by atoms with Crippen LogP contribution >= 0.6 is 0 Å². The van der Waals surface area contributed by atoms with E-state index < -0.39 is 0 Å². The maximum absolute atomic E-state index is 12.3. The highest BCUT2D eigenvalue weighted by Gasteiger charge is 2.26. The minimum Gasteiger partial charge on any atom is -0.339 e. The standard InChI is InChI=1S/C15H20N4O3/c1-11(20)17-6-8-18(9-7-17)15(22)10-19-14(21)5-4-13(16-19)12-2-3-12/h4-5,12H,2-3,6-10H2,1H3. The molecule has 0 atom stereocenters. The minimum absolute atomic E-state index is 0.0283. The Morgan fingerprint density at radius 2 is 1.77 bits per heavy atom. The molecule has 0 N–H and O–H groups in total. The summed E-state index contributed by atoms with van der Waals surface area (Å²) in [6.45, 7) is 3.62. The Morgan fingerprint density at radius 1 is 1.14 bits per heavy atom. The zero-order valence-corrected chi connectivity index (χ0v) is 12.7. The molecule has 1 aliphatic heterocycles. The van der Waals surface area contributed by atoms with Gasteiger partial charge in [0.25, 0.3) is 5.56 Å². The third-order valence-corrected chi connectivity index (χ3v) is 4.25. The number of amides is 2. The van der Waals surface area contributed by atoms with E-state index in [4.69, 9.17) is 0 Å². The van der Waals surface area contributed by atoms with E-state index in [-0.39, 0.29) is 23.9 Å². The van der Waals surface area contributed by atoms with Crippen LogP contribution in [0.4, 0.5) is 0 Å². The molecule has 0 radical (unpaired) electrons. The number of hydrogen-bond donors (Lipinski definition) is 0. The summed E-state index contributed by atoms with van der Waals surface area (Å²) >= 11 is 0. The van der Waals surface area contributed by atoms with Crippen LogP contribution in [0.15, 0.2) is 16.9 Å². The lowest BCUT2D eigenvalue weighted by Crippen LogP contribution is -2.51. The van der Waals surface area contributed by atoms with Crippen LogP contribution in [0.2, 0.25) is 0 Å². The van der Waals surface area contributed by atoms with E-state index in [0.717, 1.165) is 18.5 Å². The van der Waals surface area contributed by atoms with Gasteiger partial charge in [-0.1, -0.05) is 0 Å². The number of nitrogens with zero attached hydrogens (tertiary/aromatic N) is 4. The van der Waals surface area contributed by atoms with Crippen molar-refractivity contribution < 1.29 is 9.59 Å². The monoisotopic (exact) mass is 304 g/mol. The van der Waals surface area contributed by atoms with Gasteiger partial charge in [-0.05, 0) is 18.9 Å². The second-order valence-corrected chi connectivity index (χ2v) is 5.92. The SMILES string of the molecule is CC(=O)N1CCN(C(=O)Cn2nc(C3CC3)ccc2=O)CC1. The fraction of sp³-hybridized carbons (Fsp3) is 0.600. The lowest BCUT2D eigenvalue weighted by atomic mass is 10.3. The molecule has 7 nitrogen and oxygen atoms in total. The molecule has 2 fully saturated rings. The first-order chi connectivity index (χ1) is 10.5. The Labute approximate surface area is 128 Å². The Kier molecular flexibility index (Phi) is 3.96. The molecular formula is C15H20N4O3. The second kappa shape index (κ2) is 5.90. The Bertz CT molecular complexity index is 642. The molecule has 3 rings (SSSR count). The zero-order valence-electron chi connectivity index (χ0n) is 12.7. The largest absolute Gasteiger partial charge is 0.339 e. The zero-order chi connectivity index (χ0) is 15.7. The lowest BCUT2D eigenvalue weighted by molar-refractivity contribution is -0.139. The lowest BCUT2D eigenvalue weighted by Gasteiger charge is -2.34. The molecule has 2 heterocycles. The van der Waals surface area contributed by atoms with Crippen LogP contribution in [-0.2, 0) is 16.1 Å². The van der Waals surface area contributed by atoms with Crippen LogP contribution < -0.4 is 5.56 Å². The molecule has 0 bridgehead atoms. The first kappa shape index (κ1) is 14.7. The number of carbonyl (C=O) groups is 2. The van der Waals surface area contributed by atoms with E-state index in [1.807, 2.05) is 0 Å². The van der Waals surface area contributed by atoms with Gasteiger partial charge >= 0.3 is 0 Å². The van der Waals surface area contributed by atoms with E-state index >= 15 is 0 Å². The predicted octanol–water partition coefficient (Wildman–Crippen LogP) is -0.189. The van der Waals surface area contributed by atoms with Crippen LogP contribution in [0.3, 0.4) is 0 Å². The van der Waals surface area contributed by atoms with Crippen LogP contribution in [0.25, 0.3) is 0 Å². The van der Waals surface area contributed by atoms with E-state index in [1.165, 1.54) is 17.7 Å². The summed E-state index contributed by atoms with van der Waals surface area (Å²) in [6.07, 6.45) is 2.21. The first-order valence-electron chi connectivity index (χ1n) is 7.66. The molecule has 1 aromatic rings. The third-order valence-electron chi connectivity index (χ3n) is 4.25. The number of aromatic nitrogens is 2. The molecule has 7 heteroatoms. The fourth-order valence-corrected chi connectivity index (χ4v) is 2.67. The summed E-state index contributed by atoms with van der Waals surface area (Å²) in [5.41, 5.74) is 0.647. The number of piperazine rings is 1. The summed E-state index contributed by atoms with van der Waals surface area (Å²) in [4.78, 5) is 38.9. The average Bonchev–Trinajstić information content (AvgIpc) is 3.34. The van der Waals surface area contributed by atoms with Crippen molar-refractivity contribution in [2.45, 2.75) is 32.2 Å². The van der Waals surface area contributed by atoms with Gasteiger partial charge in [-0.15, -0.1) is 0 Å². The summed E-state index contributed by atoms with van der Waals surface area (Å²) in [5, 5.41) is 4.30. The maximum atomic E-state index is 12.3. The van der Waals surface area contributed by atoms with Crippen molar-refractivity contribution in [3.63, 3.8) is 0 Å². The highest BCUT2D eigenvalue weighted by molar-refractivity contribution is 5.77. The molecule has 118 valence electrons. The quantitative estimate of drug-likeness (QED) is 0.776. The summed E-state index contributed by atoms with van der Waals surface area (Å²) in [6, 6.07) is 3.24. The fourth-order valence-electron chi connectivity index (χ4n) is 2.67. The van der Waals surface area contributed by atoms with Crippen LogP contribution in [0, 0.1) is 0 Å². The molecule has 1 saturated heterocycles. The molecule has 1 saturated carbocycles. The number of carbonyl (C=O) groups excluding carboxylic acids is 2. The van der Waals surface area contributed by atoms with Crippen molar-refractivity contribution in [2.24, 2.45) is 0 Å². The summed E-state index contributed by atoms with van der Waals surface area (Å²) < 4.78 is 1.26. The van der Waals surface area contributed by atoms with Crippen molar-refractivity contribution in [3.8, 4) is 0 Å². The van der Waals surface area contributed by atoms with Gasteiger partial charge in [0.1, 0.15) is 6.54 Å². The second-order valence-electron chi connectivity index (χ2n) is 5.92. The van der Waals surface area contributed by atoms with Crippen molar-refractivity contribution in [1.82, 2.24) is 19.6 Å². The van der Waals surface area contributed by atoms with Crippen molar-refractivity contribution in [3.05, 3.63) is 28.2 Å². The molecule has 1 aromatic heterocycles. The molecule has 2 aliphatic rings. The van der Waals surface area contributed by atoms with Gasteiger partial charge in [0.2, 0.25) is 11.8 Å². The number of rotatable bonds is 3. The minimum atomic E-state index is -0.250. The van der Waals surface area contributed by atoms with Gasteiger partial charge in [0.15, 0.2) is 0 Å². The Morgan fingerprint density at radius 3 is 2.36 bits per heavy atom. The molecule has 0 unspecified atom stereocenters. The molecular weight excluding hydrogens is 284 g/mol. The highest BCUT2D eigenvalue weighted by Crippen LogP contribution is 2.38. The van der Waals surface area contributed by atoms with Gasteiger partial charge in [0.05, 0.1) is 5.69 Å². The maximum Gasteiger partial charge on any atom is 0.267 e. The average molecular weight is 304 g/mol. The molecule has 0 spiro atoms. The van der Waals surface area contributed by atoms with Crippen LogP contribution in [0.1, 0.15) is 31.4 Å². The van der Waals surface area contributed by atoms with Crippen molar-refractivity contribution >= 4 is 11.8 Å². The summed E-state index contributed by atoms with van der Waals surface area (Å²) in [5.74, 6) is 0.355.